The predicted octanol–water partition coefficient (Wildman–Crippen LogP) is 2.71. The highest BCUT2D eigenvalue weighted by atomic mass is 16.5. The van der Waals surface area contributed by atoms with Crippen molar-refractivity contribution >= 4 is 0 Å². The first kappa shape index (κ1) is 15.0. The summed E-state index contributed by atoms with van der Waals surface area (Å²) < 4.78 is 5.58. The van der Waals surface area contributed by atoms with Gasteiger partial charge >= 0.3 is 0 Å². The lowest BCUT2D eigenvalue weighted by Crippen LogP contribution is -2.24. The van der Waals surface area contributed by atoms with E-state index in [9.17, 15) is 10.2 Å². The van der Waals surface area contributed by atoms with E-state index in [-0.39, 0.29) is 12.0 Å². The van der Waals surface area contributed by atoms with Crippen LogP contribution < -0.4 is 4.74 Å². The first-order valence-electron chi connectivity index (χ1n) is 6.53. The molecule has 0 heterocycles. The monoisotopic (exact) mass is 252 g/mol. The molecule has 3 unspecified atom stereocenters. The fourth-order valence-electron chi connectivity index (χ4n) is 1.84. The fraction of sp³-hybridized carbons (Fsp3) is 0.600. The highest BCUT2D eigenvalue weighted by Crippen LogP contribution is 2.24. The van der Waals surface area contributed by atoms with Crippen molar-refractivity contribution in [2.45, 2.75) is 58.3 Å². The predicted molar refractivity (Wildman–Crippen MR) is 72.9 cm³/mol. The smallest absolute Gasteiger partial charge is 0.119 e. The van der Waals surface area contributed by atoms with Crippen LogP contribution in [0.3, 0.4) is 0 Å². The lowest BCUT2D eigenvalue weighted by Gasteiger charge is -2.19. The molecule has 1 rings (SSSR count). The number of aliphatic hydroxyl groups is 2. The quantitative estimate of drug-likeness (QED) is 0.818. The van der Waals surface area contributed by atoms with Crippen LogP contribution in [0.4, 0.5) is 0 Å². The molecule has 3 nitrogen and oxygen atoms in total. The summed E-state index contributed by atoms with van der Waals surface area (Å²) in [6.07, 6.45) is -0.630. The fourth-order valence-corrected chi connectivity index (χ4v) is 1.84. The molecule has 0 aromatic heterocycles. The van der Waals surface area contributed by atoms with Gasteiger partial charge in [-0.1, -0.05) is 19.1 Å². The molecule has 2 N–H and O–H groups in total. The Labute approximate surface area is 109 Å². The van der Waals surface area contributed by atoms with Crippen molar-refractivity contribution in [2.75, 3.05) is 0 Å². The van der Waals surface area contributed by atoms with Crippen LogP contribution in [0, 0.1) is 0 Å². The Balaban J connectivity index is 2.61. The number of ether oxygens (including phenoxy) is 1. The van der Waals surface area contributed by atoms with Crippen LogP contribution in [0.2, 0.25) is 0 Å². The van der Waals surface area contributed by atoms with Gasteiger partial charge in [-0.25, -0.2) is 0 Å². The molecule has 0 spiro atoms. The Morgan fingerprint density at radius 1 is 1.00 bits per heavy atom. The second-order valence-corrected chi connectivity index (χ2v) is 5.18. The van der Waals surface area contributed by atoms with Crippen molar-refractivity contribution in [3.63, 3.8) is 0 Å². The number of hydrogen-bond donors (Lipinski definition) is 2. The molecule has 18 heavy (non-hydrogen) atoms. The van der Waals surface area contributed by atoms with E-state index in [2.05, 4.69) is 0 Å². The first-order chi connectivity index (χ1) is 8.40. The summed E-state index contributed by atoms with van der Waals surface area (Å²) in [5.41, 5.74) is 1.14. The van der Waals surface area contributed by atoms with Gasteiger partial charge in [0.2, 0.25) is 0 Å². The number of aliphatic hydroxyl groups excluding tert-OH is 2. The minimum Gasteiger partial charge on any atom is -0.491 e. The first-order valence-corrected chi connectivity index (χ1v) is 6.53. The highest BCUT2D eigenvalue weighted by Gasteiger charge is 2.16. The van der Waals surface area contributed by atoms with Crippen molar-refractivity contribution < 1.29 is 14.9 Å². The molecule has 3 heteroatoms. The standard InChI is InChI=1S/C15H24O3/c1-10(2)18-14-7-5-13(6-8-14)11(3)9-15(17)12(4)16/h5-8,10-12,15-17H,9H2,1-4H3. The third-order valence-electron chi connectivity index (χ3n) is 2.97. The Kier molecular flexibility index (Phi) is 5.63. The molecular formula is C15H24O3. The number of hydrogen-bond acceptors (Lipinski definition) is 3. The average Bonchev–Trinajstić information content (AvgIpc) is 2.28. The molecule has 0 saturated heterocycles. The zero-order valence-corrected chi connectivity index (χ0v) is 11.6. The molecule has 1 aromatic carbocycles. The van der Waals surface area contributed by atoms with Gasteiger partial charge in [-0.15, -0.1) is 0 Å². The highest BCUT2D eigenvalue weighted by molar-refractivity contribution is 5.29. The van der Waals surface area contributed by atoms with E-state index in [1.54, 1.807) is 6.92 Å². The van der Waals surface area contributed by atoms with E-state index in [4.69, 9.17) is 4.74 Å². The van der Waals surface area contributed by atoms with Crippen LogP contribution in [0.1, 0.15) is 45.6 Å². The topological polar surface area (TPSA) is 49.7 Å². The normalized spacial score (nSPS) is 16.4. The van der Waals surface area contributed by atoms with Gasteiger partial charge in [0.1, 0.15) is 5.75 Å². The molecular weight excluding hydrogens is 228 g/mol. The second-order valence-electron chi connectivity index (χ2n) is 5.18. The van der Waals surface area contributed by atoms with Gasteiger partial charge in [-0.2, -0.15) is 0 Å². The van der Waals surface area contributed by atoms with Crippen molar-refractivity contribution in [1.29, 1.82) is 0 Å². The average molecular weight is 252 g/mol. The molecule has 0 saturated carbocycles. The molecule has 1 aromatic rings. The van der Waals surface area contributed by atoms with E-state index in [0.717, 1.165) is 11.3 Å². The van der Waals surface area contributed by atoms with Gasteiger partial charge in [0.15, 0.2) is 0 Å². The maximum Gasteiger partial charge on any atom is 0.119 e. The maximum absolute atomic E-state index is 9.66. The van der Waals surface area contributed by atoms with E-state index in [0.29, 0.717) is 6.42 Å². The Hall–Kier alpha value is -1.06. The lowest BCUT2D eigenvalue weighted by atomic mass is 9.93. The summed E-state index contributed by atoms with van der Waals surface area (Å²) in [4.78, 5) is 0. The van der Waals surface area contributed by atoms with Crippen LogP contribution in [0.15, 0.2) is 24.3 Å². The summed E-state index contributed by atoms with van der Waals surface area (Å²) >= 11 is 0. The third-order valence-corrected chi connectivity index (χ3v) is 2.97. The van der Waals surface area contributed by atoms with E-state index in [1.165, 1.54) is 0 Å². The lowest BCUT2D eigenvalue weighted by molar-refractivity contribution is 0.0227. The molecule has 0 radical (unpaired) electrons. The van der Waals surface area contributed by atoms with Gasteiger partial charge in [0.05, 0.1) is 18.3 Å². The third kappa shape index (κ3) is 4.67. The SMILES string of the molecule is CC(C)Oc1ccc(C(C)CC(O)C(C)O)cc1. The molecule has 0 aliphatic rings. The summed E-state index contributed by atoms with van der Waals surface area (Å²) in [7, 11) is 0. The Morgan fingerprint density at radius 2 is 1.56 bits per heavy atom. The van der Waals surface area contributed by atoms with Gasteiger partial charge in [0, 0.05) is 0 Å². The van der Waals surface area contributed by atoms with Crippen molar-refractivity contribution in [2.24, 2.45) is 0 Å². The van der Waals surface area contributed by atoms with Crippen LogP contribution in [0.25, 0.3) is 0 Å². The van der Waals surface area contributed by atoms with Gasteiger partial charge in [0.25, 0.3) is 0 Å². The Bertz CT molecular complexity index is 343. The van der Waals surface area contributed by atoms with Crippen LogP contribution in [0.5, 0.6) is 5.75 Å². The molecule has 102 valence electrons. The van der Waals surface area contributed by atoms with Gasteiger partial charge < -0.3 is 14.9 Å². The summed E-state index contributed by atoms with van der Waals surface area (Å²) in [6.45, 7) is 7.64. The Morgan fingerprint density at radius 3 is 2.00 bits per heavy atom. The van der Waals surface area contributed by atoms with E-state index >= 15 is 0 Å². The van der Waals surface area contributed by atoms with Crippen LogP contribution >= 0.6 is 0 Å². The molecule has 0 aliphatic heterocycles. The summed E-state index contributed by atoms with van der Waals surface area (Å²) in [5.74, 6) is 1.07. The largest absolute Gasteiger partial charge is 0.491 e. The van der Waals surface area contributed by atoms with Crippen molar-refractivity contribution in [3.8, 4) is 5.75 Å². The van der Waals surface area contributed by atoms with Gasteiger partial charge in [-0.05, 0) is 50.8 Å². The zero-order valence-electron chi connectivity index (χ0n) is 11.6. The zero-order chi connectivity index (χ0) is 13.7. The van der Waals surface area contributed by atoms with Crippen molar-refractivity contribution in [3.05, 3.63) is 29.8 Å². The second kappa shape index (κ2) is 6.76. The molecule has 0 amide bonds. The van der Waals surface area contributed by atoms with Crippen molar-refractivity contribution in [1.82, 2.24) is 0 Å². The molecule has 0 aliphatic carbocycles. The summed E-state index contributed by atoms with van der Waals surface area (Å²) in [6, 6.07) is 7.91. The summed E-state index contributed by atoms with van der Waals surface area (Å²) in [5, 5.41) is 18.9. The minimum atomic E-state index is -0.684. The van der Waals surface area contributed by atoms with Crippen LogP contribution in [-0.4, -0.2) is 28.5 Å². The van der Waals surface area contributed by atoms with Gasteiger partial charge in [-0.3, -0.25) is 0 Å². The molecule has 0 fully saturated rings. The number of rotatable bonds is 6. The van der Waals surface area contributed by atoms with E-state index in [1.807, 2.05) is 45.0 Å². The minimum absolute atomic E-state index is 0.172. The van der Waals surface area contributed by atoms with E-state index < -0.39 is 12.2 Å². The van der Waals surface area contributed by atoms with Crippen LogP contribution in [-0.2, 0) is 0 Å². The molecule has 0 bridgehead atoms. The molecule has 3 atom stereocenters. The number of benzene rings is 1. The maximum atomic E-state index is 9.66.